The minimum absolute atomic E-state index is 0.00749. The predicted molar refractivity (Wildman–Crippen MR) is 97.0 cm³/mol. The van der Waals surface area contributed by atoms with Crippen LogP contribution in [0.4, 0.5) is 0 Å². The molecule has 0 bridgehead atoms. The molecule has 0 aromatic heterocycles. The van der Waals surface area contributed by atoms with Gasteiger partial charge in [0.25, 0.3) is 5.95 Å². The zero-order valence-corrected chi connectivity index (χ0v) is 15.8. The van der Waals surface area contributed by atoms with Crippen molar-refractivity contribution >= 4 is 0 Å². The van der Waals surface area contributed by atoms with Gasteiger partial charge in [-0.15, -0.1) is 0 Å². The number of hydrogen-bond acceptors (Lipinski definition) is 5. The largest absolute Gasteiger partial charge is 0.498 e. The molecule has 5 nitrogen and oxygen atoms in total. The third-order valence-electron chi connectivity index (χ3n) is 4.72. The highest BCUT2D eigenvalue weighted by Crippen LogP contribution is 2.29. The molecule has 0 aromatic rings. The molecule has 144 valence electrons. The van der Waals surface area contributed by atoms with Gasteiger partial charge < -0.3 is 23.7 Å². The van der Waals surface area contributed by atoms with E-state index < -0.39 is 0 Å². The lowest BCUT2D eigenvalue weighted by molar-refractivity contribution is 0.00733. The van der Waals surface area contributed by atoms with Crippen LogP contribution >= 0.6 is 0 Å². The van der Waals surface area contributed by atoms with Gasteiger partial charge in [0, 0.05) is 19.1 Å². The second-order valence-corrected chi connectivity index (χ2v) is 7.50. The van der Waals surface area contributed by atoms with Crippen molar-refractivity contribution in [2.45, 2.75) is 45.6 Å². The average molecular weight is 354 g/mol. The molecule has 1 heterocycles. The van der Waals surface area contributed by atoms with E-state index in [1.165, 1.54) is 25.7 Å². The monoisotopic (exact) mass is 354 g/mol. The molecule has 1 saturated carbocycles. The van der Waals surface area contributed by atoms with E-state index in [1.807, 2.05) is 6.92 Å². The smallest absolute Gasteiger partial charge is 0.272 e. The van der Waals surface area contributed by atoms with E-state index in [-0.39, 0.29) is 6.10 Å². The summed E-state index contributed by atoms with van der Waals surface area (Å²) in [6, 6.07) is 0. The molecule has 0 N–H and O–H groups in total. The van der Waals surface area contributed by atoms with Gasteiger partial charge in [0.2, 0.25) is 0 Å². The Balaban J connectivity index is 1.47. The van der Waals surface area contributed by atoms with Crippen molar-refractivity contribution in [3.8, 4) is 0 Å². The zero-order chi connectivity index (χ0) is 18.1. The number of ether oxygens (including phenoxy) is 5. The van der Waals surface area contributed by atoms with Crippen LogP contribution in [0.1, 0.15) is 39.5 Å². The van der Waals surface area contributed by atoms with Crippen molar-refractivity contribution in [3.05, 3.63) is 24.9 Å². The van der Waals surface area contributed by atoms with Crippen LogP contribution in [0.25, 0.3) is 0 Å². The summed E-state index contributed by atoms with van der Waals surface area (Å²) in [7, 11) is 0. The molecule has 2 aliphatic rings. The summed E-state index contributed by atoms with van der Waals surface area (Å²) in [6.07, 6.45) is 4.90. The van der Waals surface area contributed by atoms with Gasteiger partial charge in [0.05, 0.1) is 25.6 Å². The topological polar surface area (TPSA) is 46.2 Å². The Kier molecular flexibility index (Phi) is 8.62. The lowest BCUT2D eigenvalue weighted by Crippen LogP contribution is -2.25. The molecule has 0 spiro atoms. The maximum Gasteiger partial charge on any atom is 0.272 e. The van der Waals surface area contributed by atoms with E-state index in [0.29, 0.717) is 43.5 Å². The van der Waals surface area contributed by atoms with Gasteiger partial charge in [-0.25, -0.2) is 0 Å². The van der Waals surface area contributed by atoms with E-state index in [2.05, 4.69) is 20.1 Å². The van der Waals surface area contributed by atoms with Crippen molar-refractivity contribution < 1.29 is 23.7 Å². The first-order valence-corrected chi connectivity index (χ1v) is 9.45. The standard InChI is InChI=1S/C20H34O5/c1-15(2)23-10-16(3)9-21-11-18-5-7-19(8-6-18)12-22-13-20-14-24-17(4)25-20/h16,18-20H,1,4-14H2,2-3H3. The fourth-order valence-corrected chi connectivity index (χ4v) is 3.22. The molecule has 0 radical (unpaired) electrons. The first kappa shape index (κ1) is 20.1. The first-order valence-electron chi connectivity index (χ1n) is 9.45. The van der Waals surface area contributed by atoms with E-state index in [1.54, 1.807) is 0 Å². The third-order valence-corrected chi connectivity index (χ3v) is 4.72. The van der Waals surface area contributed by atoms with E-state index in [4.69, 9.17) is 23.7 Å². The van der Waals surface area contributed by atoms with Crippen LogP contribution < -0.4 is 0 Å². The van der Waals surface area contributed by atoms with Crippen LogP contribution in [0.3, 0.4) is 0 Å². The molecular formula is C20H34O5. The second-order valence-electron chi connectivity index (χ2n) is 7.50. The van der Waals surface area contributed by atoms with Crippen LogP contribution in [0, 0.1) is 17.8 Å². The summed E-state index contributed by atoms with van der Waals surface area (Å²) < 4.78 is 27.7. The number of hydrogen-bond donors (Lipinski definition) is 0. The van der Waals surface area contributed by atoms with Crippen LogP contribution in [0.15, 0.2) is 24.9 Å². The van der Waals surface area contributed by atoms with E-state index >= 15 is 0 Å². The quantitative estimate of drug-likeness (QED) is 0.527. The van der Waals surface area contributed by atoms with Crippen molar-refractivity contribution in [1.29, 1.82) is 0 Å². The van der Waals surface area contributed by atoms with Gasteiger partial charge >= 0.3 is 0 Å². The third kappa shape index (κ3) is 8.15. The molecule has 25 heavy (non-hydrogen) atoms. The minimum Gasteiger partial charge on any atom is -0.498 e. The van der Waals surface area contributed by atoms with Crippen molar-refractivity contribution in [2.75, 3.05) is 39.6 Å². The van der Waals surface area contributed by atoms with Crippen LogP contribution in [-0.4, -0.2) is 45.7 Å². The van der Waals surface area contributed by atoms with Crippen LogP contribution in [0.2, 0.25) is 0 Å². The summed E-state index contributed by atoms with van der Waals surface area (Å²) in [5.41, 5.74) is 0. The van der Waals surface area contributed by atoms with Gasteiger partial charge in [-0.3, -0.25) is 0 Å². The average Bonchev–Trinajstić information content (AvgIpc) is 3.00. The molecule has 2 rings (SSSR count). The van der Waals surface area contributed by atoms with Gasteiger partial charge in [-0.05, 0) is 51.0 Å². The fraction of sp³-hybridized carbons (Fsp3) is 0.800. The van der Waals surface area contributed by atoms with Gasteiger partial charge in [-0.1, -0.05) is 13.5 Å². The maximum absolute atomic E-state index is 5.88. The van der Waals surface area contributed by atoms with Gasteiger partial charge in [0.1, 0.15) is 6.61 Å². The molecule has 2 fully saturated rings. The summed E-state index contributed by atoms with van der Waals surface area (Å²) in [6.45, 7) is 15.7. The highest BCUT2D eigenvalue weighted by molar-refractivity contribution is 4.79. The number of rotatable bonds is 11. The van der Waals surface area contributed by atoms with Crippen LogP contribution in [-0.2, 0) is 23.7 Å². The lowest BCUT2D eigenvalue weighted by Gasteiger charge is -2.28. The van der Waals surface area contributed by atoms with E-state index in [9.17, 15) is 0 Å². The summed E-state index contributed by atoms with van der Waals surface area (Å²) in [4.78, 5) is 0. The second kappa shape index (κ2) is 10.7. The SMILES string of the molecule is C=C(C)OCC(C)COCC1CCC(COCC2COC(=C)O2)CC1. The summed E-state index contributed by atoms with van der Waals surface area (Å²) in [5, 5.41) is 0. The Hall–Kier alpha value is -1.20. The normalized spacial score (nSPS) is 27.4. The molecule has 1 saturated heterocycles. The zero-order valence-electron chi connectivity index (χ0n) is 15.8. The van der Waals surface area contributed by atoms with E-state index in [0.717, 1.165) is 25.6 Å². The molecule has 1 aliphatic heterocycles. The van der Waals surface area contributed by atoms with Crippen LogP contribution in [0.5, 0.6) is 0 Å². The fourth-order valence-electron chi connectivity index (χ4n) is 3.22. The van der Waals surface area contributed by atoms with Crippen molar-refractivity contribution in [2.24, 2.45) is 17.8 Å². The Bertz CT molecular complexity index is 414. The molecule has 2 atom stereocenters. The van der Waals surface area contributed by atoms with Gasteiger partial charge in [0.15, 0.2) is 6.10 Å². The Morgan fingerprint density at radius 3 is 2.28 bits per heavy atom. The summed E-state index contributed by atoms with van der Waals surface area (Å²) >= 11 is 0. The molecular weight excluding hydrogens is 320 g/mol. The highest BCUT2D eigenvalue weighted by Gasteiger charge is 2.24. The molecule has 0 amide bonds. The lowest BCUT2D eigenvalue weighted by atomic mass is 9.83. The minimum atomic E-state index is 0.00749. The van der Waals surface area contributed by atoms with Crippen molar-refractivity contribution in [1.82, 2.24) is 0 Å². The highest BCUT2D eigenvalue weighted by atomic mass is 16.7. The summed E-state index contributed by atoms with van der Waals surface area (Å²) in [5.74, 6) is 2.92. The Labute approximate surface area is 152 Å². The van der Waals surface area contributed by atoms with Gasteiger partial charge in [-0.2, -0.15) is 0 Å². The molecule has 0 aromatic carbocycles. The molecule has 1 aliphatic carbocycles. The first-order chi connectivity index (χ1) is 12.0. The Morgan fingerprint density at radius 1 is 1.08 bits per heavy atom. The van der Waals surface area contributed by atoms with Crippen molar-refractivity contribution in [3.63, 3.8) is 0 Å². The predicted octanol–water partition coefficient (Wildman–Crippen LogP) is 3.90. The molecule has 5 heteroatoms. The Morgan fingerprint density at radius 2 is 1.72 bits per heavy atom. The maximum atomic E-state index is 5.88. The number of allylic oxidation sites excluding steroid dienone is 1. The molecule has 2 unspecified atom stereocenters.